The molecule has 1 aliphatic heterocycles. The Hall–Kier alpha value is -1.94. The van der Waals surface area contributed by atoms with Crippen LogP contribution in [0, 0.1) is 5.41 Å². The van der Waals surface area contributed by atoms with Crippen LogP contribution >= 0.6 is 15.9 Å². The van der Waals surface area contributed by atoms with Crippen LogP contribution in [-0.4, -0.2) is 38.6 Å². The first-order chi connectivity index (χ1) is 14.0. The Balaban J connectivity index is 2.05. The molecule has 2 aromatic rings. The van der Waals surface area contributed by atoms with Crippen molar-refractivity contribution in [3.8, 4) is 5.75 Å². The number of hydrogen-bond acceptors (Lipinski definition) is 6. The predicted octanol–water partition coefficient (Wildman–Crippen LogP) is 2.28. The van der Waals surface area contributed by atoms with Crippen molar-refractivity contribution in [3.63, 3.8) is 0 Å². The zero-order valence-electron chi connectivity index (χ0n) is 17.4. The molecule has 1 aliphatic rings. The molecule has 3 N–H and O–H groups in total. The minimum absolute atomic E-state index is 0.0444. The number of aliphatic hydroxyl groups excluding tert-OH is 2. The van der Waals surface area contributed by atoms with Crippen LogP contribution in [0.4, 0.5) is 0 Å². The van der Waals surface area contributed by atoms with Crippen LogP contribution in [0.2, 0.25) is 0 Å². The molecule has 1 unspecified atom stereocenters. The minimum atomic E-state index is -1.24. The third-order valence-electron chi connectivity index (χ3n) is 5.24. The summed E-state index contributed by atoms with van der Waals surface area (Å²) in [7, 11) is 0. The van der Waals surface area contributed by atoms with Crippen molar-refractivity contribution in [2.45, 2.75) is 58.2 Å². The summed E-state index contributed by atoms with van der Waals surface area (Å²) in [6.45, 7) is 7.21. The van der Waals surface area contributed by atoms with Crippen LogP contribution in [0.3, 0.4) is 0 Å². The second-order valence-corrected chi connectivity index (χ2v) is 9.65. The first-order valence-corrected chi connectivity index (χ1v) is 10.5. The van der Waals surface area contributed by atoms with Crippen molar-refractivity contribution < 1.29 is 19.7 Å². The molecular formula is C21H27BrN2O6. The molecule has 3 rings (SSSR count). The van der Waals surface area contributed by atoms with Gasteiger partial charge in [-0.05, 0) is 13.0 Å². The molecule has 1 saturated heterocycles. The second-order valence-electron chi connectivity index (χ2n) is 8.79. The zero-order valence-corrected chi connectivity index (χ0v) is 19.0. The smallest absolute Gasteiger partial charge is 0.330 e. The summed E-state index contributed by atoms with van der Waals surface area (Å²) in [4.78, 5) is 27.3. The lowest BCUT2D eigenvalue weighted by atomic mass is 9.84. The number of rotatable bonds is 5. The maximum Gasteiger partial charge on any atom is 0.330 e. The fraction of sp³-hybridized carbons (Fsp3) is 0.524. The predicted molar refractivity (Wildman–Crippen MR) is 115 cm³/mol. The molecule has 1 aromatic heterocycles. The number of nitrogens with one attached hydrogen (secondary N) is 1. The van der Waals surface area contributed by atoms with Crippen LogP contribution in [0.5, 0.6) is 5.75 Å². The van der Waals surface area contributed by atoms with Gasteiger partial charge in [0.2, 0.25) is 5.75 Å². The Morgan fingerprint density at radius 1 is 1.37 bits per heavy atom. The molecule has 0 radical (unpaired) electrons. The molecular weight excluding hydrogens is 456 g/mol. The average molecular weight is 483 g/mol. The van der Waals surface area contributed by atoms with Crippen LogP contribution in [0.15, 0.2) is 44.5 Å². The summed E-state index contributed by atoms with van der Waals surface area (Å²) in [5.41, 5.74) is -2.09. The highest BCUT2D eigenvalue weighted by Crippen LogP contribution is 2.40. The van der Waals surface area contributed by atoms with Gasteiger partial charge in [0.05, 0.1) is 18.9 Å². The van der Waals surface area contributed by atoms with E-state index in [2.05, 4.69) is 20.9 Å². The highest BCUT2D eigenvalue weighted by molar-refractivity contribution is 9.10. The average Bonchev–Trinajstić information content (AvgIpc) is 2.95. The molecule has 0 bridgehead atoms. The molecule has 0 amide bonds. The van der Waals surface area contributed by atoms with E-state index in [9.17, 15) is 19.8 Å². The van der Waals surface area contributed by atoms with Gasteiger partial charge in [-0.1, -0.05) is 54.9 Å². The van der Waals surface area contributed by atoms with E-state index >= 15 is 0 Å². The van der Waals surface area contributed by atoms with Gasteiger partial charge in [-0.25, -0.2) is 4.79 Å². The Labute approximate surface area is 182 Å². The van der Waals surface area contributed by atoms with E-state index in [-0.39, 0.29) is 24.2 Å². The van der Waals surface area contributed by atoms with Crippen molar-refractivity contribution in [1.29, 1.82) is 0 Å². The van der Waals surface area contributed by atoms with E-state index in [4.69, 9.17) is 9.47 Å². The summed E-state index contributed by atoms with van der Waals surface area (Å²) in [6.07, 6.45) is -0.862. The fourth-order valence-electron chi connectivity index (χ4n) is 3.70. The van der Waals surface area contributed by atoms with E-state index in [1.54, 1.807) is 6.92 Å². The van der Waals surface area contributed by atoms with Gasteiger partial charge in [0.15, 0.2) is 0 Å². The summed E-state index contributed by atoms with van der Waals surface area (Å²) in [5.74, 6) is -0.0444. The van der Waals surface area contributed by atoms with Gasteiger partial charge in [0.25, 0.3) is 5.56 Å². The van der Waals surface area contributed by atoms with Crippen LogP contribution in [0.25, 0.3) is 0 Å². The Morgan fingerprint density at radius 2 is 2.03 bits per heavy atom. The summed E-state index contributed by atoms with van der Waals surface area (Å²) >= 11 is 3.54. The number of benzene rings is 1. The number of aliphatic hydroxyl groups is 2. The molecule has 1 aromatic carbocycles. The van der Waals surface area contributed by atoms with E-state index in [0.29, 0.717) is 0 Å². The highest BCUT2D eigenvalue weighted by Gasteiger charge is 2.44. The Kier molecular flexibility index (Phi) is 6.29. The maximum absolute atomic E-state index is 12.5. The molecule has 164 valence electrons. The number of ether oxygens (including phenoxy) is 2. The van der Waals surface area contributed by atoms with Crippen LogP contribution < -0.4 is 16.0 Å². The van der Waals surface area contributed by atoms with Crippen molar-refractivity contribution in [2.24, 2.45) is 5.41 Å². The molecule has 0 saturated carbocycles. The van der Waals surface area contributed by atoms with Gasteiger partial charge in [-0.2, -0.15) is 0 Å². The van der Waals surface area contributed by atoms with Gasteiger partial charge in [-0.3, -0.25) is 14.3 Å². The fourth-order valence-corrected chi connectivity index (χ4v) is 4.19. The molecule has 1 fully saturated rings. The minimum Gasteiger partial charge on any atom is -0.478 e. The molecule has 0 spiro atoms. The lowest BCUT2D eigenvalue weighted by Gasteiger charge is -2.32. The van der Waals surface area contributed by atoms with Crippen molar-refractivity contribution in [3.05, 3.63) is 61.3 Å². The number of hydrogen-bond donors (Lipinski definition) is 3. The van der Waals surface area contributed by atoms with E-state index in [1.165, 1.54) is 10.8 Å². The summed E-state index contributed by atoms with van der Waals surface area (Å²) in [6, 6.07) is 7.58. The highest BCUT2D eigenvalue weighted by atomic mass is 79.9. The third-order valence-corrected chi connectivity index (χ3v) is 5.96. The topological polar surface area (TPSA) is 114 Å². The number of nitrogens with zero attached hydrogens (tertiary/aromatic N) is 1. The SMILES string of the molecule is CC(C)(C)C(Oc1cn([C@@]2(C)C[C@H](O)[C@@H](CO)O2)c(=O)[nH]c1=O)c1ccccc1Br. The Morgan fingerprint density at radius 3 is 2.60 bits per heavy atom. The largest absolute Gasteiger partial charge is 0.478 e. The summed E-state index contributed by atoms with van der Waals surface area (Å²) < 4.78 is 13.9. The van der Waals surface area contributed by atoms with Gasteiger partial charge in [0, 0.05) is 21.9 Å². The van der Waals surface area contributed by atoms with Crippen molar-refractivity contribution >= 4 is 15.9 Å². The van der Waals surface area contributed by atoms with Crippen molar-refractivity contribution in [1.82, 2.24) is 9.55 Å². The van der Waals surface area contributed by atoms with Gasteiger partial charge in [0.1, 0.15) is 17.9 Å². The quantitative estimate of drug-likeness (QED) is 0.602. The van der Waals surface area contributed by atoms with Crippen LogP contribution in [0.1, 0.15) is 45.8 Å². The Bertz CT molecular complexity index is 1030. The molecule has 0 aliphatic carbocycles. The lowest BCUT2D eigenvalue weighted by Crippen LogP contribution is -2.43. The number of aromatic amines is 1. The van der Waals surface area contributed by atoms with E-state index in [0.717, 1.165) is 10.0 Å². The monoisotopic (exact) mass is 482 g/mol. The van der Waals surface area contributed by atoms with E-state index < -0.39 is 35.3 Å². The van der Waals surface area contributed by atoms with Crippen LogP contribution in [-0.2, 0) is 10.5 Å². The molecule has 2 heterocycles. The molecule has 9 heteroatoms. The third kappa shape index (κ3) is 4.39. The number of H-pyrrole nitrogens is 1. The molecule has 8 nitrogen and oxygen atoms in total. The van der Waals surface area contributed by atoms with E-state index in [1.807, 2.05) is 45.0 Å². The maximum atomic E-state index is 12.5. The normalized spacial score (nSPS) is 25.3. The first-order valence-electron chi connectivity index (χ1n) is 9.70. The molecule has 4 atom stereocenters. The lowest BCUT2D eigenvalue weighted by molar-refractivity contribution is -0.108. The summed E-state index contributed by atoms with van der Waals surface area (Å²) in [5, 5.41) is 19.5. The van der Waals surface area contributed by atoms with Crippen molar-refractivity contribution in [2.75, 3.05) is 6.61 Å². The zero-order chi connectivity index (χ0) is 22.3. The van der Waals surface area contributed by atoms with Gasteiger partial charge in [-0.15, -0.1) is 0 Å². The number of halogens is 1. The first kappa shape index (κ1) is 22.7. The van der Waals surface area contributed by atoms with Gasteiger partial charge >= 0.3 is 5.69 Å². The number of aromatic nitrogens is 2. The molecule has 30 heavy (non-hydrogen) atoms. The standard InChI is InChI=1S/C21H27BrN2O6/c1-20(2,3)17(12-7-5-6-8-13(12)22)29-15-10-24(19(28)23-18(15)27)21(4)9-14(26)16(11-25)30-21/h5-8,10,14,16-17,25-26H,9,11H2,1-4H3,(H,23,27,28)/t14-,16+,17?,21+/m0/s1. The van der Waals surface area contributed by atoms with Gasteiger partial charge < -0.3 is 19.7 Å². The second kappa shape index (κ2) is 8.30.